The molecule has 1 aromatic rings. The van der Waals surface area contributed by atoms with Crippen molar-refractivity contribution in [2.45, 2.75) is 51.6 Å². The zero-order chi connectivity index (χ0) is 14.4. The Morgan fingerprint density at radius 2 is 1.95 bits per heavy atom. The van der Waals surface area contributed by atoms with Gasteiger partial charge in [-0.1, -0.05) is 25.0 Å². The van der Waals surface area contributed by atoms with Gasteiger partial charge in [0.25, 0.3) is 0 Å². The Bertz CT molecular complexity index is 425. The Labute approximate surface area is 120 Å². The lowest BCUT2D eigenvalue weighted by Gasteiger charge is -2.18. The van der Waals surface area contributed by atoms with Crippen molar-refractivity contribution in [2.75, 3.05) is 6.61 Å². The summed E-state index contributed by atoms with van der Waals surface area (Å²) in [6, 6.07) is 8.13. The first kappa shape index (κ1) is 14.7. The van der Waals surface area contributed by atoms with Gasteiger partial charge in [0.15, 0.2) is 0 Å². The number of hydrogen-bond acceptors (Lipinski definition) is 2. The molecule has 1 atom stereocenters. The zero-order valence-corrected chi connectivity index (χ0v) is 12.3. The lowest BCUT2D eigenvalue weighted by molar-refractivity contribution is 0.234. The normalized spacial score (nSPS) is 16.7. The van der Waals surface area contributed by atoms with Crippen LogP contribution in [0.15, 0.2) is 24.3 Å². The lowest BCUT2D eigenvalue weighted by atomic mass is 10.1. The molecule has 0 bridgehead atoms. The van der Waals surface area contributed by atoms with Gasteiger partial charge in [-0.05, 0) is 44.4 Å². The van der Waals surface area contributed by atoms with Crippen LogP contribution in [0.1, 0.15) is 51.1 Å². The SMILES string of the molecule is CCOc1ccc(C(C)NC(=O)NC2CCCC2)cc1. The van der Waals surface area contributed by atoms with E-state index in [2.05, 4.69) is 10.6 Å². The van der Waals surface area contributed by atoms with E-state index in [9.17, 15) is 4.79 Å². The third kappa shape index (κ3) is 4.15. The minimum absolute atomic E-state index is 0.00733. The highest BCUT2D eigenvalue weighted by molar-refractivity contribution is 5.74. The van der Waals surface area contributed by atoms with E-state index in [1.165, 1.54) is 12.8 Å². The number of benzene rings is 1. The standard InChI is InChI=1S/C16H24N2O2/c1-3-20-15-10-8-13(9-11-15)12(2)17-16(19)18-14-6-4-5-7-14/h8-12,14H,3-7H2,1-2H3,(H2,17,18,19). The van der Waals surface area contributed by atoms with Gasteiger partial charge in [0, 0.05) is 6.04 Å². The van der Waals surface area contributed by atoms with Crippen LogP contribution in [0.5, 0.6) is 5.75 Å². The Balaban J connectivity index is 1.83. The molecule has 0 heterocycles. The quantitative estimate of drug-likeness (QED) is 0.866. The molecular weight excluding hydrogens is 252 g/mol. The maximum absolute atomic E-state index is 11.9. The van der Waals surface area contributed by atoms with Gasteiger partial charge in [-0.2, -0.15) is 0 Å². The van der Waals surface area contributed by atoms with Crippen molar-refractivity contribution < 1.29 is 9.53 Å². The van der Waals surface area contributed by atoms with Crippen LogP contribution in [-0.4, -0.2) is 18.7 Å². The fourth-order valence-corrected chi connectivity index (χ4v) is 2.60. The summed E-state index contributed by atoms with van der Waals surface area (Å²) in [6.45, 7) is 4.62. The van der Waals surface area contributed by atoms with Crippen LogP contribution >= 0.6 is 0 Å². The highest BCUT2D eigenvalue weighted by Gasteiger charge is 2.18. The molecular formula is C16H24N2O2. The molecule has 2 N–H and O–H groups in total. The molecule has 2 rings (SSSR count). The molecule has 1 aromatic carbocycles. The van der Waals surface area contributed by atoms with Crippen molar-refractivity contribution in [3.8, 4) is 5.75 Å². The molecule has 1 unspecified atom stereocenters. The third-order valence-electron chi connectivity index (χ3n) is 3.73. The van der Waals surface area contributed by atoms with Crippen LogP contribution in [0, 0.1) is 0 Å². The largest absolute Gasteiger partial charge is 0.494 e. The van der Waals surface area contributed by atoms with Crippen molar-refractivity contribution in [3.63, 3.8) is 0 Å². The summed E-state index contributed by atoms with van der Waals surface area (Å²) in [5.74, 6) is 0.860. The van der Waals surface area contributed by atoms with Crippen LogP contribution < -0.4 is 15.4 Å². The first-order valence-electron chi connectivity index (χ1n) is 7.49. The molecule has 0 radical (unpaired) electrons. The Kier molecular flexibility index (Phi) is 5.27. The average Bonchev–Trinajstić information content (AvgIpc) is 2.92. The Morgan fingerprint density at radius 3 is 2.55 bits per heavy atom. The molecule has 4 nitrogen and oxygen atoms in total. The first-order valence-corrected chi connectivity index (χ1v) is 7.49. The third-order valence-corrected chi connectivity index (χ3v) is 3.73. The summed E-state index contributed by atoms with van der Waals surface area (Å²) in [6.07, 6.45) is 4.65. The van der Waals surface area contributed by atoms with Gasteiger partial charge < -0.3 is 15.4 Å². The van der Waals surface area contributed by atoms with E-state index >= 15 is 0 Å². The average molecular weight is 276 g/mol. The van der Waals surface area contributed by atoms with Crippen molar-refractivity contribution >= 4 is 6.03 Å². The summed E-state index contributed by atoms with van der Waals surface area (Å²) in [5, 5.41) is 6.02. The van der Waals surface area contributed by atoms with Gasteiger partial charge in [-0.25, -0.2) is 4.79 Å². The van der Waals surface area contributed by atoms with Gasteiger partial charge in [-0.15, -0.1) is 0 Å². The van der Waals surface area contributed by atoms with Crippen molar-refractivity contribution in [1.29, 1.82) is 0 Å². The van der Waals surface area contributed by atoms with Crippen molar-refractivity contribution in [2.24, 2.45) is 0 Å². The molecule has 0 aliphatic heterocycles. The number of amides is 2. The molecule has 2 amide bonds. The molecule has 1 saturated carbocycles. The van der Waals surface area contributed by atoms with Gasteiger partial charge in [0.2, 0.25) is 0 Å². The van der Waals surface area contributed by atoms with E-state index in [0.29, 0.717) is 12.6 Å². The van der Waals surface area contributed by atoms with Crippen LogP contribution in [0.3, 0.4) is 0 Å². The molecule has 1 fully saturated rings. The highest BCUT2D eigenvalue weighted by atomic mass is 16.5. The maximum atomic E-state index is 11.9. The summed E-state index contributed by atoms with van der Waals surface area (Å²) >= 11 is 0. The molecule has 1 aliphatic rings. The lowest BCUT2D eigenvalue weighted by Crippen LogP contribution is -2.41. The minimum atomic E-state index is -0.0710. The number of hydrogen-bond donors (Lipinski definition) is 2. The fourth-order valence-electron chi connectivity index (χ4n) is 2.60. The predicted octanol–water partition coefficient (Wildman–Crippen LogP) is 3.39. The monoisotopic (exact) mass is 276 g/mol. The van der Waals surface area contributed by atoms with Crippen LogP contribution in [0.2, 0.25) is 0 Å². The highest BCUT2D eigenvalue weighted by Crippen LogP contribution is 2.19. The molecule has 0 spiro atoms. The summed E-state index contributed by atoms with van der Waals surface area (Å²) < 4.78 is 5.41. The van der Waals surface area contributed by atoms with Crippen molar-refractivity contribution in [3.05, 3.63) is 29.8 Å². The van der Waals surface area contributed by atoms with E-state index in [1.807, 2.05) is 38.1 Å². The molecule has 110 valence electrons. The fraction of sp³-hybridized carbons (Fsp3) is 0.562. The van der Waals surface area contributed by atoms with Crippen LogP contribution in [0.4, 0.5) is 4.79 Å². The number of urea groups is 1. The van der Waals surface area contributed by atoms with E-state index < -0.39 is 0 Å². The Morgan fingerprint density at radius 1 is 1.30 bits per heavy atom. The van der Waals surface area contributed by atoms with Crippen LogP contribution in [-0.2, 0) is 0 Å². The second-order valence-electron chi connectivity index (χ2n) is 5.32. The second kappa shape index (κ2) is 7.17. The van der Waals surface area contributed by atoms with Crippen LogP contribution in [0.25, 0.3) is 0 Å². The van der Waals surface area contributed by atoms with E-state index in [1.54, 1.807) is 0 Å². The predicted molar refractivity (Wildman–Crippen MR) is 79.9 cm³/mol. The number of rotatable bonds is 5. The number of carbonyl (C=O) groups excluding carboxylic acids is 1. The topological polar surface area (TPSA) is 50.4 Å². The second-order valence-corrected chi connectivity index (χ2v) is 5.32. The van der Waals surface area contributed by atoms with Gasteiger partial charge in [-0.3, -0.25) is 0 Å². The summed E-state index contributed by atoms with van der Waals surface area (Å²) in [5.41, 5.74) is 1.08. The number of nitrogens with one attached hydrogen (secondary N) is 2. The summed E-state index contributed by atoms with van der Waals surface area (Å²) in [7, 11) is 0. The first-order chi connectivity index (χ1) is 9.69. The minimum Gasteiger partial charge on any atom is -0.494 e. The molecule has 1 aliphatic carbocycles. The van der Waals surface area contributed by atoms with Crippen molar-refractivity contribution in [1.82, 2.24) is 10.6 Å². The number of carbonyl (C=O) groups is 1. The smallest absolute Gasteiger partial charge is 0.315 e. The maximum Gasteiger partial charge on any atom is 0.315 e. The Hall–Kier alpha value is -1.71. The molecule has 4 heteroatoms. The van der Waals surface area contributed by atoms with Gasteiger partial charge >= 0.3 is 6.03 Å². The molecule has 0 saturated heterocycles. The molecule has 20 heavy (non-hydrogen) atoms. The van der Waals surface area contributed by atoms with E-state index in [0.717, 1.165) is 24.2 Å². The van der Waals surface area contributed by atoms with E-state index in [-0.39, 0.29) is 12.1 Å². The van der Waals surface area contributed by atoms with Gasteiger partial charge in [0.05, 0.1) is 12.6 Å². The number of ether oxygens (including phenoxy) is 1. The molecule has 0 aromatic heterocycles. The van der Waals surface area contributed by atoms with Gasteiger partial charge in [0.1, 0.15) is 5.75 Å². The van der Waals surface area contributed by atoms with E-state index in [4.69, 9.17) is 4.74 Å². The zero-order valence-electron chi connectivity index (χ0n) is 12.3. The summed E-state index contributed by atoms with van der Waals surface area (Å²) in [4.78, 5) is 11.9.